The van der Waals surface area contributed by atoms with Crippen LogP contribution in [0.2, 0.25) is 0 Å². The molecule has 3 heteroatoms. The van der Waals surface area contributed by atoms with Crippen LogP contribution in [-0.4, -0.2) is 24.5 Å². The van der Waals surface area contributed by atoms with E-state index in [0.29, 0.717) is 5.92 Å². The Balaban J connectivity index is 2.04. The Hall–Kier alpha value is -0.930. The van der Waals surface area contributed by atoms with Crippen molar-refractivity contribution in [3.63, 3.8) is 0 Å². The van der Waals surface area contributed by atoms with Crippen LogP contribution in [0.25, 0.3) is 0 Å². The van der Waals surface area contributed by atoms with E-state index in [-0.39, 0.29) is 5.82 Å². The van der Waals surface area contributed by atoms with Gasteiger partial charge in [-0.05, 0) is 56.3 Å². The summed E-state index contributed by atoms with van der Waals surface area (Å²) < 4.78 is 14.0. The van der Waals surface area contributed by atoms with E-state index in [2.05, 4.69) is 11.8 Å². The Kier molecular flexibility index (Phi) is 5.34. The smallest absolute Gasteiger partial charge is 0.127 e. The van der Waals surface area contributed by atoms with Crippen LogP contribution in [0.4, 0.5) is 4.39 Å². The predicted octanol–water partition coefficient (Wildman–Crippen LogP) is 2.95. The summed E-state index contributed by atoms with van der Waals surface area (Å²) in [4.78, 5) is 2.39. The van der Waals surface area contributed by atoms with Crippen LogP contribution in [-0.2, 0) is 13.0 Å². The van der Waals surface area contributed by atoms with Crippen LogP contribution >= 0.6 is 0 Å². The molecule has 2 N–H and O–H groups in total. The maximum atomic E-state index is 14.0. The molecule has 1 atom stereocenters. The summed E-state index contributed by atoms with van der Waals surface area (Å²) >= 11 is 0. The second kappa shape index (κ2) is 7.01. The maximum Gasteiger partial charge on any atom is 0.127 e. The number of hydrogen-bond donors (Lipinski definition) is 1. The second-order valence-corrected chi connectivity index (χ2v) is 5.55. The molecule has 0 bridgehead atoms. The Morgan fingerprint density at radius 3 is 3.00 bits per heavy atom. The maximum absolute atomic E-state index is 14.0. The predicted molar refractivity (Wildman–Crippen MR) is 77.5 cm³/mol. The van der Waals surface area contributed by atoms with E-state index >= 15 is 0 Å². The highest BCUT2D eigenvalue weighted by Gasteiger charge is 2.21. The fourth-order valence-electron chi connectivity index (χ4n) is 3.10. The van der Waals surface area contributed by atoms with Crippen molar-refractivity contribution in [3.8, 4) is 0 Å². The zero-order valence-corrected chi connectivity index (χ0v) is 11.9. The van der Waals surface area contributed by atoms with E-state index in [1.807, 2.05) is 12.1 Å². The molecule has 0 saturated carbocycles. The Morgan fingerprint density at radius 2 is 2.26 bits per heavy atom. The van der Waals surface area contributed by atoms with E-state index < -0.39 is 0 Å². The average molecular weight is 264 g/mol. The van der Waals surface area contributed by atoms with Crippen molar-refractivity contribution in [2.45, 2.75) is 39.2 Å². The van der Waals surface area contributed by atoms with E-state index in [1.54, 1.807) is 6.07 Å². The minimum atomic E-state index is -0.0553. The van der Waals surface area contributed by atoms with Gasteiger partial charge >= 0.3 is 0 Å². The van der Waals surface area contributed by atoms with Crippen molar-refractivity contribution in [2.75, 3.05) is 19.6 Å². The summed E-state index contributed by atoms with van der Waals surface area (Å²) in [6, 6.07) is 5.43. The molecule has 1 saturated heterocycles. The van der Waals surface area contributed by atoms with Gasteiger partial charge in [-0.2, -0.15) is 0 Å². The van der Waals surface area contributed by atoms with Gasteiger partial charge in [-0.3, -0.25) is 4.90 Å². The summed E-state index contributed by atoms with van der Waals surface area (Å²) in [5.74, 6) is 0.635. The normalized spacial score (nSPS) is 20.7. The third-order valence-electron chi connectivity index (χ3n) is 4.16. The molecule has 106 valence electrons. The molecule has 0 aromatic heterocycles. The fraction of sp³-hybridized carbons (Fsp3) is 0.625. The zero-order chi connectivity index (χ0) is 13.7. The lowest BCUT2D eigenvalue weighted by Gasteiger charge is -2.33. The minimum Gasteiger partial charge on any atom is -0.330 e. The van der Waals surface area contributed by atoms with Gasteiger partial charge in [0.05, 0.1) is 0 Å². The molecule has 1 fully saturated rings. The highest BCUT2D eigenvalue weighted by molar-refractivity contribution is 5.28. The topological polar surface area (TPSA) is 29.3 Å². The molecule has 0 amide bonds. The first kappa shape index (κ1) is 14.5. The highest BCUT2D eigenvalue weighted by Crippen LogP contribution is 2.23. The van der Waals surface area contributed by atoms with Gasteiger partial charge in [-0.25, -0.2) is 4.39 Å². The van der Waals surface area contributed by atoms with Crippen molar-refractivity contribution in [3.05, 3.63) is 35.1 Å². The van der Waals surface area contributed by atoms with E-state index in [0.717, 1.165) is 50.1 Å². The Labute approximate surface area is 115 Å². The van der Waals surface area contributed by atoms with Gasteiger partial charge in [-0.15, -0.1) is 0 Å². The minimum absolute atomic E-state index is 0.0553. The van der Waals surface area contributed by atoms with Crippen LogP contribution in [0.5, 0.6) is 0 Å². The molecule has 1 aromatic carbocycles. The quantitative estimate of drug-likeness (QED) is 0.886. The molecule has 2 rings (SSSR count). The van der Waals surface area contributed by atoms with Gasteiger partial charge in [0.25, 0.3) is 0 Å². The number of aryl methyl sites for hydroxylation is 1. The van der Waals surface area contributed by atoms with Crippen molar-refractivity contribution < 1.29 is 4.39 Å². The number of halogens is 1. The standard InChI is InChI=1S/C16H25FN2/c1-2-14-6-3-7-16(17)15(14)12-19-10-4-5-13(11-19)8-9-18/h3,6-7,13H,2,4-5,8-12,18H2,1H3. The van der Waals surface area contributed by atoms with Gasteiger partial charge in [0.2, 0.25) is 0 Å². The summed E-state index contributed by atoms with van der Waals surface area (Å²) in [5, 5.41) is 0. The first-order valence-electron chi connectivity index (χ1n) is 7.43. The third-order valence-corrected chi connectivity index (χ3v) is 4.16. The molecule has 2 nitrogen and oxygen atoms in total. The molecular weight excluding hydrogens is 239 g/mol. The first-order valence-corrected chi connectivity index (χ1v) is 7.43. The molecule has 1 heterocycles. The van der Waals surface area contributed by atoms with Gasteiger partial charge < -0.3 is 5.73 Å². The molecule has 19 heavy (non-hydrogen) atoms. The number of nitrogens with zero attached hydrogens (tertiary/aromatic N) is 1. The zero-order valence-electron chi connectivity index (χ0n) is 11.9. The lowest BCUT2D eigenvalue weighted by Crippen LogP contribution is -2.36. The van der Waals surface area contributed by atoms with Gasteiger partial charge in [0.15, 0.2) is 0 Å². The van der Waals surface area contributed by atoms with E-state index in [9.17, 15) is 4.39 Å². The molecule has 1 aliphatic heterocycles. The molecule has 1 aromatic rings. The second-order valence-electron chi connectivity index (χ2n) is 5.55. The highest BCUT2D eigenvalue weighted by atomic mass is 19.1. The van der Waals surface area contributed by atoms with Gasteiger partial charge in [0, 0.05) is 18.7 Å². The van der Waals surface area contributed by atoms with Crippen molar-refractivity contribution in [1.29, 1.82) is 0 Å². The van der Waals surface area contributed by atoms with Crippen molar-refractivity contribution in [1.82, 2.24) is 4.90 Å². The lowest BCUT2D eigenvalue weighted by atomic mass is 9.94. The molecule has 0 aliphatic carbocycles. The average Bonchev–Trinajstić information content (AvgIpc) is 2.42. The summed E-state index contributed by atoms with van der Waals surface area (Å²) in [7, 11) is 0. The Morgan fingerprint density at radius 1 is 1.42 bits per heavy atom. The van der Waals surface area contributed by atoms with E-state index in [4.69, 9.17) is 5.73 Å². The molecular formula is C16H25FN2. The van der Waals surface area contributed by atoms with Crippen LogP contribution in [0.1, 0.15) is 37.3 Å². The largest absolute Gasteiger partial charge is 0.330 e. The Bertz CT molecular complexity index is 404. The van der Waals surface area contributed by atoms with Crippen LogP contribution < -0.4 is 5.73 Å². The van der Waals surface area contributed by atoms with Crippen LogP contribution in [0.15, 0.2) is 18.2 Å². The van der Waals surface area contributed by atoms with Crippen molar-refractivity contribution in [2.24, 2.45) is 11.7 Å². The van der Waals surface area contributed by atoms with Crippen LogP contribution in [0.3, 0.4) is 0 Å². The SMILES string of the molecule is CCc1cccc(F)c1CN1CCCC(CCN)C1. The number of hydrogen-bond acceptors (Lipinski definition) is 2. The van der Waals surface area contributed by atoms with Crippen molar-refractivity contribution >= 4 is 0 Å². The lowest BCUT2D eigenvalue weighted by molar-refractivity contribution is 0.161. The summed E-state index contributed by atoms with van der Waals surface area (Å²) in [6.07, 6.45) is 4.47. The third kappa shape index (κ3) is 3.77. The number of likely N-dealkylation sites (tertiary alicyclic amines) is 1. The summed E-state index contributed by atoms with van der Waals surface area (Å²) in [6.45, 7) is 5.74. The number of nitrogens with two attached hydrogens (primary N) is 1. The molecule has 0 radical (unpaired) electrons. The first-order chi connectivity index (χ1) is 9.24. The molecule has 1 aliphatic rings. The monoisotopic (exact) mass is 264 g/mol. The van der Waals surface area contributed by atoms with Crippen LogP contribution in [0, 0.1) is 11.7 Å². The number of rotatable bonds is 5. The molecule has 0 spiro atoms. The molecule has 1 unspecified atom stereocenters. The summed E-state index contributed by atoms with van der Waals surface area (Å²) in [5.41, 5.74) is 7.68. The fourth-order valence-corrected chi connectivity index (χ4v) is 3.10. The van der Waals surface area contributed by atoms with E-state index in [1.165, 1.54) is 12.8 Å². The number of piperidine rings is 1. The van der Waals surface area contributed by atoms with Gasteiger partial charge in [-0.1, -0.05) is 19.1 Å². The number of benzene rings is 1. The van der Waals surface area contributed by atoms with Gasteiger partial charge in [0.1, 0.15) is 5.82 Å².